The number of amides is 1. The van der Waals surface area contributed by atoms with E-state index in [1.807, 2.05) is 31.2 Å². The molecule has 1 N–H and O–H groups in total. The lowest BCUT2D eigenvalue weighted by Crippen LogP contribution is -2.32. The van der Waals surface area contributed by atoms with Crippen molar-refractivity contribution < 1.29 is 9.53 Å². The van der Waals surface area contributed by atoms with Crippen molar-refractivity contribution in [3.05, 3.63) is 65.2 Å². The van der Waals surface area contributed by atoms with Crippen LogP contribution in [0.25, 0.3) is 0 Å². The van der Waals surface area contributed by atoms with E-state index in [0.717, 1.165) is 23.3 Å². The molecule has 0 fully saturated rings. The summed E-state index contributed by atoms with van der Waals surface area (Å²) in [5.74, 6) is 0.650. The number of rotatable bonds is 6. The van der Waals surface area contributed by atoms with Crippen molar-refractivity contribution in [3.63, 3.8) is 0 Å². The van der Waals surface area contributed by atoms with Crippen LogP contribution in [-0.2, 0) is 4.79 Å². The van der Waals surface area contributed by atoms with Crippen molar-refractivity contribution in [2.45, 2.75) is 33.2 Å². The second-order valence-corrected chi connectivity index (χ2v) is 5.49. The van der Waals surface area contributed by atoms with E-state index >= 15 is 0 Å². The molecule has 0 aromatic heterocycles. The topological polar surface area (TPSA) is 38.3 Å². The van der Waals surface area contributed by atoms with Crippen LogP contribution < -0.4 is 10.1 Å². The molecule has 0 bridgehead atoms. The van der Waals surface area contributed by atoms with Gasteiger partial charge < -0.3 is 10.1 Å². The van der Waals surface area contributed by atoms with E-state index in [9.17, 15) is 4.79 Å². The van der Waals surface area contributed by atoms with E-state index in [-0.39, 0.29) is 18.6 Å². The summed E-state index contributed by atoms with van der Waals surface area (Å²) in [6.07, 6.45) is 0.846. The first-order chi connectivity index (χ1) is 10.6. The minimum absolute atomic E-state index is 0.0218. The van der Waals surface area contributed by atoms with Gasteiger partial charge in [0.1, 0.15) is 5.75 Å². The lowest BCUT2D eigenvalue weighted by Gasteiger charge is -2.18. The maximum atomic E-state index is 12.1. The van der Waals surface area contributed by atoms with Crippen LogP contribution in [0.5, 0.6) is 5.75 Å². The molecule has 0 spiro atoms. The number of benzene rings is 2. The van der Waals surface area contributed by atoms with Crippen LogP contribution in [0.3, 0.4) is 0 Å². The molecule has 2 aromatic rings. The van der Waals surface area contributed by atoms with Gasteiger partial charge in [0, 0.05) is 0 Å². The second-order valence-electron chi connectivity index (χ2n) is 5.49. The number of aryl methyl sites for hydroxylation is 2. The van der Waals surface area contributed by atoms with Gasteiger partial charge in [-0.25, -0.2) is 0 Å². The monoisotopic (exact) mass is 297 g/mol. The third-order valence-electron chi connectivity index (χ3n) is 3.68. The van der Waals surface area contributed by atoms with Crippen LogP contribution in [0.2, 0.25) is 0 Å². The SMILES string of the molecule is CC[C@H](NC(=O)COc1ccccc1C)c1ccc(C)cc1. The lowest BCUT2D eigenvalue weighted by molar-refractivity contribution is -0.123. The molecular formula is C19H23NO2. The number of ether oxygens (including phenoxy) is 1. The van der Waals surface area contributed by atoms with E-state index < -0.39 is 0 Å². The van der Waals surface area contributed by atoms with Crippen LogP contribution in [0.15, 0.2) is 48.5 Å². The first-order valence-corrected chi connectivity index (χ1v) is 7.64. The Labute approximate surface area is 132 Å². The molecule has 1 atom stereocenters. The molecule has 22 heavy (non-hydrogen) atoms. The normalized spacial score (nSPS) is 11.8. The molecule has 0 heterocycles. The van der Waals surface area contributed by atoms with Crippen molar-refractivity contribution in [2.24, 2.45) is 0 Å². The largest absolute Gasteiger partial charge is 0.484 e. The predicted octanol–water partition coefficient (Wildman–Crippen LogP) is 3.95. The van der Waals surface area contributed by atoms with Crippen molar-refractivity contribution in [1.29, 1.82) is 0 Å². The van der Waals surface area contributed by atoms with Crippen LogP contribution in [0.4, 0.5) is 0 Å². The maximum Gasteiger partial charge on any atom is 0.258 e. The predicted molar refractivity (Wildman–Crippen MR) is 89.0 cm³/mol. The summed E-state index contributed by atoms with van der Waals surface area (Å²) in [7, 11) is 0. The number of hydrogen-bond acceptors (Lipinski definition) is 2. The standard InChI is InChI=1S/C19H23NO2/c1-4-17(16-11-9-14(2)10-12-16)20-19(21)13-22-18-8-6-5-7-15(18)3/h5-12,17H,4,13H2,1-3H3,(H,20,21)/t17-/m0/s1. The quantitative estimate of drug-likeness (QED) is 0.876. The van der Waals surface area contributed by atoms with E-state index in [0.29, 0.717) is 0 Å². The number of nitrogens with one attached hydrogen (secondary N) is 1. The Balaban J connectivity index is 1.92. The molecule has 1 amide bonds. The highest BCUT2D eigenvalue weighted by Gasteiger charge is 2.13. The lowest BCUT2D eigenvalue weighted by atomic mass is 10.0. The zero-order chi connectivity index (χ0) is 15.9. The highest BCUT2D eigenvalue weighted by atomic mass is 16.5. The summed E-state index contributed by atoms with van der Waals surface area (Å²) >= 11 is 0. The van der Waals surface area contributed by atoms with Crippen molar-refractivity contribution in [3.8, 4) is 5.75 Å². The molecule has 0 aliphatic carbocycles. The van der Waals surface area contributed by atoms with Gasteiger partial charge >= 0.3 is 0 Å². The number of hydrogen-bond donors (Lipinski definition) is 1. The van der Waals surface area contributed by atoms with Gasteiger partial charge in [-0.1, -0.05) is 55.0 Å². The van der Waals surface area contributed by atoms with Gasteiger partial charge in [-0.15, -0.1) is 0 Å². The van der Waals surface area contributed by atoms with E-state index in [4.69, 9.17) is 4.74 Å². The van der Waals surface area contributed by atoms with Crippen LogP contribution in [-0.4, -0.2) is 12.5 Å². The smallest absolute Gasteiger partial charge is 0.258 e. The fourth-order valence-corrected chi connectivity index (χ4v) is 2.32. The summed E-state index contributed by atoms with van der Waals surface area (Å²) in [4.78, 5) is 12.1. The van der Waals surface area contributed by atoms with Crippen molar-refractivity contribution >= 4 is 5.91 Å². The zero-order valence-electron chi connectivity index (χ0n) is 13.4. The van der Waals surface area contributed by atoms with Gasteiger partial charge in [0.25, 0.3) is 5.91 Å². The van der Waals surface area contributed by atoms with Crippen LogP contribution in [0, 0.1) is 13.8 Å². The van der Waals surface area contributed by atoms with Gasteiger partial charge in [-0.3, -0.25) is 4.79 Å². The number of carbonyl (C=O) groups is 1. The molecule has 0 saturated heterocycles. The van der Waals surface area contributed by atoms with Crippen molar-refractivity contribution in [1.82, 2.24) is 5.32 Å². The molecule has 0 aliphatic heterocycles. The molecule has 2 rings (SSSR count). The van der Waals surface area contributed by atoms with Crippen LogP contribution in [0.1, 0.15) is 36.1 Å². The minimum atomic E-state index is -0.101. The highest BCUT2D eigenvalue weighted by Crippen LogP contribution is 2.18. The van der Waals surface area contributed by atoms with Gasteiger partial charge in [-0.2, -0.15) is 0 Å². The highest BCUT2D eigenvalue weighted by molar-refractivity contribution is 5.78. The van der Waals surface area contributed by atoms with E-state index in [2.05, 4.69) is 43.4 Å². The van der Waals surface area contributed by atoms with Crippen LogP contribution >= 0.6 is 0 Å². The minimum Gasteiger partial charge on any atom is -0.484 e. The maximum absolute atomic E-state index is 12.1. The Morgan fingerprint density at radius 1 is 1.09 bits per heavy atom. The molecule has 3 nitrogen and oxygen atoms in total. The third kappa shape index (κ3) is 4.35. The Bertz CT molecular complexity index is 620. The fraction of sp³-hybridized carbons (Fsp3) is 0.316. The Kier molecular flexibility index (Phi) is 5.59. The zero-order valence-corrected chi connectivity index (χ0v) is 13.4. The number of carbonyl (C=O) groups excluding carboxylic acids is 1. The average Bonchev–Trinajstić information content (AvgIpc) is 2.53. The fourth-order valence-electron chi connectivity index (χ4n) is 2.32. The third-order valence-corrected chi connectivity index (χ3v) is 3.68. The van der Waals surface area contributed by atoms with Gasteiger partial charge in [-0.05, 0) is 37.5 Å². The molecule has 3 heteroatoms. The Morgan fingerprint density at radius 3 is 2.41 bits per heavy atom. The van der Waals surface area contributed by atoms with Gasteiger partial charge in [0.2, 0.25) is 0 Å². The van der Waals surface area contributed by atoms with Gasteiger partial charge in [0.05, 0.1) is 6.04 Å². The molecule has 0 saturated carbocycles. The van der Waals surface area contributed by atoms with E-state index in [1.165, 1.54) is 5.56 Å². The molecular weight excluding hydrogens is 274 g/mol. The summed E-state index contributed by atoms with van der Waals surface area (Å²) in [5.41, 5.74) is 3.37. The summed E-state index contributed by atoms with van der Waals surface area (Å²) in [5, 5.41) is 3.03. The summed E-state index contributed by atoms with van der Waals surface area (Å²) in [6, 6.07) is 16.0. The number of para-hydroxylation sites is 1. The first-order valence-electron chi connectivity index (χ1n) is 7.64. The van der Waals surface area contributed by atoms with Crippen molar-refractivity contribution in [2.75, 3.05) is 6.61 Å². The molecule has 116 valence electrons. The van der Waals surface area contributed by atoms with Gasteiger partial charge in [0.15, 0.2) is 6.61 Å². The average molecular weight is 297 g/mol. The molecule has 2 aromatic carbocycles. The Morgan fingerprint density at radius 2 is 1.77 bits per heavy atom. The molecule has 0 aliphatic rings. The Hall–Kier alpha value is -2.29. The summed E-state index contributed by atoms with van der Waals surface area (Å²) < 4.78 is 5.59. The molecule has 0 unspecified atom stereocenters. The summed E-state index contributed by atoms with van der Waals surface area (Å²) in [6.45, 7) is 6.12. The second kappa shape index (κ2) is 7.64. The van der Waals surface area contributed by atoms with E-state index in [1.54, 1.807) is 0 Å². The molecule has 0 radical (unpaired) electrons. The first kappa shape index (κ1) is 16.1.